The van der Waals surface area contributed by atoms with E-state index in [-0.39, 0.29) is 18.6 Å². The number of benzene rings is 1. The number of hydrogen-bond donors (Lipinski definition) is 2. The fraction of sp³-hybridized carbons (Fsp3) is 0.278. The predicted molar refractivity (Wildman–Crippen MR) is 91.7 cm³/mol. The molecule has 6 nitrogen and oxygen atoms in total. The Bertz CT molecular complexity index is 829. The number of aromatic nitrogens is 3. The molecule has 0 radical (unpaired) electrons. The van der Waals surface area contributed by atoms with Crippen LogP contribution in [0.3, 0.4) is 0 Å². The van der Waals surface area contributed by atoms with Gasteiger partial charge in [-0.2, -0.15) is 5.10 Å². The number of aliphatic hydroxyl groups is 1. The average Bonchev–Trinajstić information content (AvgIpc) is 3.06. The van der Waals surface area contributed by atoms with E-state index in [1.54, 1.807) is 10.7 Å². The normalized spacial score (nSPS) is 12.2. The van der Waals surface area contributed by atoms with Gasteiger partial charge in [-0.05, 0) is 18.9 Å². The van der Waals surface area contributed by atoms with Crippen molar-refractivity contribution in [2.75, 3.05) is 6.61 Å². The summed E-state index contributed by atoms with van der Waals surface area (Å²) in [6, 6.07) is 11.7. The molecule has 1 atom stereocenters. The summed E-state index contributed by atoms with van der Waals surface area (Å²) in [4.78, 5) is 16.8. The minimum absolute atomic E-state index is 0.0456. The first-order chi connectivity index (χ1) is 11.7. The second kappa shape index (κ2) is 7.23. The van der Waals surface area contributed by atoms with Gasteiger partial charge in [0.2, 0.25) is 0 Å². The standard InChI is InChI=1S/C18H20N4O2/c1-2-14(9-11-23)21-18(24)15-12-20-22-16(8-10-19-17(15)22)13-6-4-3-5-7-13/h3-8,10,12,14,23H,2,9,11H2,1H3,(H,21,24). The van der Waals surface area contributed by atoms with Gasteiger partial charge in [0, 0.05) is 24.4 Å². The summed E-state index contributed by atoms with van der Waals surface area (Å²) in [5.41, 5.74) is 2.84. The Labute approximate surface area is 140 Å². The van der Waals surface area contributed by atoms with E-state index < -0.39 is 0 Å². The topological polar surface area (TPSA) is 79.5 Å². The lowest BCUT2D eigenvalue weighted by Gasteiger charge is -2.15. The zero-order chi connectivity index (χ0) is 16.9. The molecular formula is C18H20N4O2. The molecule has 2 aromatic heterocycles. The largest absolute Gasteiger partial charge is 0.396 e. The molecule has 0 aliphatic rings. The van der Waals surface area contributed by atoms with E-state index in [2.05, 4.69) is 15.4 Å². The molecule has 3 rings (SSSR count). The minimum Gasteiger partial charge on any atom is -0.396 e. The zero-order valence-electron chi connectivity index (χ0n) is 13.5. The first-order valence-electron chi connectivity index (χ1n) is 8.04. The maximum Gasteiger partial charge on any atom is 0.256 e. The van der Waals surface area contributed by atoms with Crippen LogP contribution in [0.15, 0.2) is 48.8 Å². The molecular weight excluding hydrogens is 304 g/mol. The second-order valence-electron chi connectivity index (χ2n) is 5.58. The van der Waals surface area contributed by atoms with E-state index in [1.165, 1.54) is 6.20 Å². The molecule has 0 saturated heterocycles. The van der Waals surface area contributed by atoms with Gasteiger partial charge < -0.3 is 10.4 Å². The van der Waals surface area contributed by atoms with Crippen molar-refractivity contribution in [1.29, 1.82) is 0 Å². The van der Waals surface area contributed by atoms with Gasteiger partial charge in [-0.3, -0.25) is 4.79 Å². The summed E-state index contributed by atoms with van der Waals surface area (Å²) in [6.07, 6.45) is 4.51. The maximum absolute atomic E-state index is 12.5. The molecule has 1 amide bonds. The number of fused-ring (bicyclic) bond motifs is 1. The Morgan fingerprint density at radius 2 is 2.08 bits per heavy atom. The van der Waals surface area contributed by atoms with Crippen LogP contribution in [-0.2, 0) is 0 Å². The molecule has 0 bridgehead atoms. The van der Waals surface area contributed by atoms with Crippen molar-refractivity contribution in [2.24, 2.45) is 0 Å². The number of nitrogens with one attached hydrogen (secondary N) is 1. The van der Waals surface area contributed by atoms with Gasteiger partial charge in [0.25, 0.3) is 5.91 Å². The van der Waals surface area contributed by atoms with Gasteiger partial charge in [-0.1, -0.05) is 37.3 Å². The van der Waals surface area contributed by atoms with Gasteiger partial charge >= 0.3 is 0 Å². The molecule has 2 heterocycles. The van der Waals surface area contributed by atoms with Crippen molar-refractivity contribution in [3.05, 3.63) is 54.4 Å². The highest BCUT2D eigenvalue weighted by molar-refractivity contribution is 6.00. The molecule has 0 aliphatic heterocycles. The predicted octanol–water partition coefficient (Wildman–Crippen LogP) is 2.29. The first kappa shape index (κ1) is 16.1. The molecule has 6 heteroatoms. The zero-order valence-corrected chi connectivity index (χ0v) is 13.5. The third kappa shape index (κ3) is 3.14. The molecule has 0 spiro atoms. The summed E-state index contributed by atoms with van der Waals surface area (Å²) in [5, 5.41) is 16.3. The van der Waals surface area contributed by atoms with Gasteiger partial charge in [0.15, 0.2) is 5.65 Å². The van der Waals surface area contributed by atoms with Gasteiger partial charge in [0.05, 0.1) is 11.9 Å². The Balaban J connectivity index is 1.95. The molecule has 3 aromatic rings. The molecule has 0 aliphatic carbocycles. The van der Waals surface area contributed by atoms with Crippen LogP contribution >= 0.6 is 0 Å². The summed E-state index contributed by atoms with van der Waals surface area (Å²) < 4.78 is 1.68. The van der Waals surface area contributed by atoms with E-state index in [0.717, 1.165) is 17.7 Å². The lowest BCUT2D eigenvalue weighted by Crippen LogP contribution is -2.35. The molecule has 2 N–H and O–H groups in total. The Morgan fingerprint density at radius 3 is 2.79 bits per heavy atom. The quantitative estimate of drug-likeness (QED) is 0.729. The van der Waals surface area contributed by atoms with Crippen molar-refractivity contribution in [3.63, 3.8) is 0 Å². The molecule has 24 heavy (non-hydrogen) atoms. The third-order valence-corrected chi connectivity index (χ3v) is 4.02. The van der Waals surface area contributed by atoms with Crippen LogP contribution < -0.4 is 5.32 Å². The van der Waals surface area contributed by atoms with Crippen molar-refractivity contribution >= 4 is 11.6 Å². The van der Waals surface area contributed by atoms with Crippen molar-refractivity contribution in [2.45, 2.75) is 25.8 Å². The van der Waals surface area contributed by atoms with Crippen LogP contribution in [0.4, 0.5) is 0 Å². The molecule has 0 fully saturated rings. The number of aliphatic hydroxyl groups excluding tert-OH is 1. The summed E-state index contributed by atoms with van der Waals surface area (Å²) in [5.74, 6) is -0.219. The number of carbonyl (C=O) groups excluding carboxylic acids is 1. The fourth-order valence-electron chi connectivity index (χ4n) is 2.68. The first-order valence-corrected chi connectivity index (χ1v) is 8.04. The van der Waals surface area contributed by atoms with Crippen molar-refractivity contribution in [1.82, 2.24) is 19.9 Å². The van der Waals surface area contributed by atoms with E-state index >= 15 is 0 Å². The lowest BCUT2D eigenvalue weighted by molar-refractivity contribution is 0.0930. The minimum atomic E-state index is -0.219. The molecule has 1 aromatic carbocycles. The number of rotatable bonds is 6. The van der Waals surface area contributed by atoms with Gasteiger partial charge in [-0.25, -0.2) is 9.50 Å². The fourth-order valence-corrected chi connectivity index (χ4v) is 2.68. The van der Waals surface area contributed by atoms with Crippen LogP contribution in [0.25, 0.3) is 16.9 Å². The summed E-state index contributed by atoms with van der Waals surface area (Å²) >= 11 is 0. The number of carbonyl (C=O) groups is 1. The van der Waals surface area contributed by atoms with Crippen LogP contribution in [0.2, 0.25) is 0 Å². The number of hydrogen-bond acceptors (Lipinski definition) is 4. The Kier molecular flexibility index (Phi) is 4.86. The van der Waals surface area contributed by atoms with Crippen molar-refractivity contribution < 1.29 is 9.90 Å². The Hall–Kier alpha value is -2.73. The smallest absolute Gasteiger partial charge is 0.256 e. The molecule has 0 saturated carbocycles. The number of nitrogens with zero attached hydrogens (tertiary/aromatic N) is 3. The second-order valence-corrected chi connectivity index (χ2v) is 5.58. The highest BCUT2D eigenvalue weighted by atomic mass is 16.3. The van der Waals surface area contributed by atoms with Gasteiger partial charge in [0.1, 0.15) is 5.56 Å². The van der Waals surface area contributed by atoms with E-state index in [9.17, 15) is 4.79 Å². The molecule has 124 valence electrons. The molecule has 1 unspecified atom stereocenters. The van der Waals surface area contributed by atoms with Crippen LogP contribution in [0.1, 0.15) is 30.1 Å². The van der Waals surface area contributed by atoms with Crippen LogP contribution in [-0.4, -0.2) is 38.3 Å². The average molecular weight is 324 g/mol. The summed E-state index contributed by atoms with van der Waals surface area (Å²) in [7, 11) is 0. The monoisotopic (exact) mass is 324 g/mol. The highest BCUT2D eigenvalue weighted by Crippen LogP contribution is 2.20. The van der Waals surface area contributed by atoms with E-state index in [0.29, 0.717) is 17.6 Å². The van der Waals surface area contributed by atoms with E-state index in [1.807, 2.05) is 43.3 Å². The van der Waals surface area contributed by atoms with Crippen LogP contribution in [0, 0.1) is 0 Å². The lowest BCUT2D eigenvalue weighted by atomic mass is 10.1. The van der Waals surface area contributed by atoms with E-state index in [4.69, 9.17) is 5.11 Å². The Morgan fingerprint density at radius 1 is 1.29 bits per heavy atom. The van der Waals surface area contributed by atoms with Crippen LogP contribution in [0.5, 0.6) is 0 Å². The van der Waals surface area contributed by atoms with Gasteiger partial charge in [-0.15, -0.1) is 0 Å². The SMILES string of the molecule is CCC(CCO)NC(=O)c1cnn2c(-c3ccccc3)ccnc12. The summed E-state index contributed by atoms with van der Waals surface area (Å²) in [6.45, 7) is 2.02. The highest BCUT2D eigenvalue weighted by Gasteiger charge is 2.18. The maximum atomic E-state index is 12.5. The number of amides is 1. The third-order valence-electron chi connectivity index (χ3n) is 4.02. The van der Waals surface area contributed by atoms with Crippen molar-refractivity contribution in [3.8, 4) is 11.3 Å².